The molecule has 0 amide bonds. The third kappa shape index (κ3) is 2.80. The van der Waals surface area contributed by atoms with E-state index in [0.717, 1.165) is 31.3 Å². The van der Waals surface area contributed by atoms with E-state index < -0.39 is 15.8 Å². The van der Waals surface area contributed by atoms with Gasteiger partial charge < -0.3 is 5.73 Å². The maximum Gasteiger partial charge on any atom is 0.242 e. The van der Waals surface area contributed by atoms with Crippen molar-refractivity contribution in [3.8, 4) is 0 Å². The van der Waals surface area contributed by atoms with Crippen molar-refractivity contribution in [1.82, 2.24) is 9.71 Å². The number of nitrogens with zero attached hydrogens (tertiary/aromatic N) is 1. The first kappa shape index (κ1) is 12.4. The quantitative estimate of drug-likeness (QED) is 0.821. The summed E-state index contributed by atoms with van der Waals surface area (Å²) < 4.78 is 39.2. The molecule has 1 aliphatic rings. The van der Waals surface area contributed by atoms with Crippen LogP contribution in [0, 0.1) is 5.82 Å². The molecule has 2 rings (SSSR count). The smallest absolute Gasteiger partial charge is 0.242 e. The van der Waals surface area contributed by atoms with E-state index in [1.165, 1.54) is 0 Å². The van der Waals surface area contributed by atoms with Crippen LogP contribution in [0.25, 0.3) is 0 Å². The molecule has 3 N–H and O–H groups in total. The molecular weight excluding hydrogens is 245 g/mol. The lowest BCUT2D eigenvalue weighted by atomic mass is 10.2. The van der Waals surface area contributed by atoms with Gasteiger partial charge >= 0.3 is 0 Å². The number of halogens is 1. The fourth-order valence-corrected chi connectivity index (χ4v) is 3.24. The third-order valence-electron chi connectivity index (χ3n) is 2.87. The Morgan fingerprint density at radius 3 is 2.76 bits per heavy atom. The second-order valence-electron chi connectivity index (χ2n) is 4.16. The van der Waals surface area contributed by atoms with E-state index in [1.54, 1.807) is 0 Å². The third-order valence-corrected chi connectivity index (χ3v) is 4.32. The van der Waals surface area contributed by atoms with Gasteiger partial charge in [-0.3, -0.25) is 4.98 Å². The number of nitrogens with two attached hydrogens (primary N) is 1. The molecular formula is C10H14FN3O2S. The van der Waals surface area contributed by atoms with Crippen LogP contribution >= 0.6 is 0 Å². The Balaban J connectivity index is 2.19. The SMILES string of the molecule is NC1CCCC1NS(=O)(=O)c1cncc(F)c1. The van der Waals surface area contributed by atoms with Crippen molar-refractivity contribution in [2.45, 2.75) is 36.2 Å². The van der Waals surface area contributed by atoms with Gasteiger partial charge in [0.05, 0.1) is 6.20 Å². The second kappa shape index (κ2) is 4.67. The van der Waals surface area contributed by atoms with Crippen molar-refractivity contribution in [3.05, 3.63) is 24.3 Å². The first-order valence-electron chi connectivity index (χ1n) is 5.37. The average Bonchev–Trinajstić information content (AvgIpc) is 2.64. The highest BCUT2D eigenvalue weighted by molar-refractivity contribution is 7.89. The maximum atomic E-state index is 12.9. The van der Waals surface area contributed by atoms with Gasteiger partial charge in [0.25, 0.3) is 0 Å². The highest BCUT2D eigenvalue weighted by Gasteiger charge is 2.29. The predicted molar refractivity (Wildman–Crippen MR) is 60.1 cm³/mol. The molecule has 0 aromatic carbocycles. The minimum atomic E-state index is -3.73. The number of hydrogen-bond donors (Lipinski definition) is 2. The van der Waals surface area contributed by atoms with Crippen molar-refractivity contribution < 1.29 is 12.8 Å². The van der Waals surface area contributed by atoms with Gasteiger partial charge in [0.2, 0.25) is 10.0 Å². The summed E-state index contributed by atoms with van der Waals surface area (Å²) in [6.07, 6.45) is 4.49. The Morgan fingerprint density at radius 1 is 1.41 bits per heavy atom. The van der Waals surface area contributed by atoms with Crippen molar-refractivity contribution >= 4 is 10.0 Å². The molecule has 1 aliphatic carbocycles. The number of pyridine rings is 1. The molecule has 1 aromatic heterocycles. The topological polar surface area (TPSA) is 85.1 Å². The number of sulfonamides is 1. The maximum absolute atomic E-state index is 12.9. The molecule has 0 radical (unpaired) electrons. The van der Waals surface area contributed by atoms with E-state index in [1.807, 2.05) is 0 Å². The van der Waals surface area contributed by atoms with Crippen LogP contribution in [-0.4, -0.2) is 25.5 Å². The number of aromatic nitrogens is 1. The summed E-state index contributed by atoms with van der Waals surface area (Å²) in [5, 5.41) is 0. The van der Waals surface area contributed by atoms with Gasteiger partial charge in [-0.15, -0.1) is 0 Å². The standard InChI is InChI=1S/C10H14FN3O2S/c11-7-4-8(6-13-5-7)17(15,16)14-10-3-1-2-9(10)12/h4-6,9-10,14H,1-3,12H2. The predicted octanol–water partition coefficient (Wildman–Crippen LogP) is 0.379. The highest BCUT2D eigenvalue weighted by Crippen LogP contribution is 2.19. The fourth-order valence-electron chi connectivity index (χ4n) is 1.94. The van der Waals surface area contributed by atoms with Crippen LogP contribution in [0.4, 0.5) is 4.39 Å². The van der Waals surface area contributed by atoms with E-state index in [4.69, 9.17) is 5.73 Å². The molecule has 94 valence electrons. The average molecular weight is 259 g/mol. The van der Waals surface area contributed by atoms with Crippen LogP contribution in [0.3, 0.4) is 0 Å². The number of nitrogens with one attached hydrogen (secondary N) is 1. The molecule has 2 unspecified atom stereocenters. The molecule has 0 aliphatic heterocycles. The van der Waals surface area contributed by atoms with E-state index in [0.29, 0.717) is 6.42 Å². The summed E-state index contributed by atoms with van der Waals surface area (Å²) >= 11 is 0. The minimum Gasteiger partial charge on any atom is -0.326 e. The zero-order chi connectivity index (χ0) is 12.5. The number of hydrogen-bond acceptors (Lipinski definition) is 4. The molecule has 7 heteroatoms. The van der Waals surface area contributed by atoms with Crippen molar-refractivity contribution in [2.24, 2.45) is 5.73 Å². The summed E-state index contributed by atoms with van der Waals surface area (Å²) in [6.45, 7) is 0. The van der Waals surface area contributed by atoms with Crippen molar-refractivity contribution in [1.29, 1.82) is 0 Å². The van der Waals surface area contributed by atoms with Crippen LogP contribution < -0.4 is 10.5 Å². The van der Waals surface area contributed by atoms with Gasteiger partial charge in [0.1, 0.15) is 10.7 Å². The van der Waals surface area contributed by atoms with Crippen LogP contribution in [0.1, 0.15) is 19.3 Å². The van der Waals surface area contributed by atoms with Gasteiger partial charge in [0.15, 0.2) is 0 Å². The zero-order valence-corrected chi connectivity index (χ0v) is 9.95. The fraction of sp³-hybridized carbons (Fsp3) is 0.500. The van der Waals surface area contributed by atoms with E-state index in [9.17, 15) is 12.8 Å². The normalized spacial score (nSPS) is 25.1. The van der Waals surface area contributed by atoms with Crippen molar-refractivity contribution in [2.75, 3.05) is 0 Å². The highest BCUT2D eigenvalue weighted by atomic mass is 32.2. The molecule has 1 fully saturated rings. The molecule has 2 atom stereocenters. The molecule has 0 saturated heterocycles. The van der Waals surface area contributed by atoms with Crippen molar-refractivity contribution in [3.63, 3.8) is 0 Å². The number of rotatable bonds is 3. The molecule has 17 heavy (non-hydrogen) atoms. The lowest BCUT2D eigenvalue weighted by molar-refractivity contribution is 0.521. The van der Waals surface area contributed by atoms with Crippen LogP contribution in [-0.2, 0) is 10.0 Å². The lowest BCUT2D eigenvalue weighted by Crippen LogP contribution is -2.43. The second-order valence-corrected chi connectivity index (χ2v) is 5.88. The van der Waals surface area contributed by atoms with Gasteiger partial charge in [-0.2, -0.15) is 0 Å². The Kier molecular flexibility index (Phi) is 3.41. The van der Waals surface area contributed by atoms with Gasteiger partial charge in [-0.05, 0) is 18.9 Å². The Hall–Kier alpha value is -1.05. The molecule has 5 nitrogen and oxygen atoms in total. The summed E-state index contributed by atoms with van der Waals surface area (Å²) in [5.41, 5.74) is 5.78. The first-order chi connectivity index (χ1) is 7.99. The summed E-state index contributed by atoms with van der Waals surface area (Å²) in [7, 11) is -3.73. The van der Waals surface area contributed by atoms with E-state index in [2.05, 4.69) is 9.71 Å². The van der Waals surface area contributed by atoms with Gasteiger partial charge in [-0.1, -0.05) is 6.42 Å². The molecule has 1 saturated carbocycles. The molecule has 0 spiro atoms. The Bertz CT molecular complexity index is 506. The monoisotopic (exact) mass is 259 g/mol. The summed E-state index contributed by atoms with van der Waals surface area (Å²) in [6, 6.07) is 0.491. The Labute approximate surface area is 99.3 Å². The molecule has 1 aromatic rings. The van der Waals surface area contributed by atoms with Gasteiger partial charge in [-0.25, -0.2) is 17.5 Å². The van der Waals surface area contributed by atoms with Gasteiger partial charge in [0, 0.05) is 18.3 Å². The summed E-state index contributed by atoms with van der Waals surface area (Å²) in [5.74, 6) is -0.677. The molecule has 1 heterocycles. The van der Waals surface area contributed by atoms with Crippen LogP contribution in [0.5, 0.6) is 0 Å². The Morgan fingerprint density at radius 2 is 2.18 bits per heavy atom. The van der Waals surface area contributed by atoms with E-state index >= 15 is 0 Å². The zero-order valence-electron chi connectivity index (χ0n) is 9.14. The first-order valence-corrected chi connectivity index (χ1v) is 6.86. The largest absolute Gasteiger partial charge is 0.326 e. The molecule has 0 bridgehead atoms. The van der Waals surface area contributed by atoms with Crippen LogP contribution in [0.15, 0.2) is 23.4 Å². The summed E-state index contributed by atoms with van der Waals surface area (Å²) in [4.78, 5) is 3.35. The van der Waals surface area contributed by atoms with E-state index in [-0.39, 0.29) is 17.0 Å². The van der Waals surface area contributed by atoms with Crippen LogP contribution in [0.2, 0.25) is 0 Å². The minimum absolute atomic E-state index is 0.170. The lowest BCUT2D eigenvalue weighted by Gasteiger charge is -2.17.